The van der Waals surface area contributed by atoms with Crippen LogP contribution in [-0.2, 0) is 30.3 Å². The molecule has 1 N–H and O–H groups in total. The predicted molar refractivity (Wildman–Crippen MR) is 193 cm³/mol. The first-order valence-corrected chi connectivity index (χ1v) is 17.9. The smallest absolute Gasteiger partial charge is 0.410 e. The Bertz CT molecular complexity index is 1830. The number of carbonyl (C=O) groups excluding carboxylic acids is 3. The van der Waals surface area contributed by atoms with Gasteiger partial charge in [0.05, 0.1) is 18.3 Å². The number of imidazole rings is 1. The van der Waals surface area contributed by atoms with Gasteiger partial charge in [-0.25, -0.2) is 27.3 Å². The van der Waals surface area contributed by atoms with Crippen molar-refractivity contribution in [1.82, 2.24) is 19.4 Å². The van der Waals surface area contributed by atoms with Gasteiger partial charge in [-0.15, -0.1) is 0 Å². The number of aliphatic hydroxyl groups excluding tert-OH is 1. The zero-order valence-corrected chi connectivity index (χ0v) is 32.4. The van der Waals surface area contributed by atoms with Crippen LogP contribution in [0.1, 0.15) is 72.3 Å². The van der Waals surface area contributed by atoms with Crippen molar-refractivity contribution >= 4 is 18.0 Å². The van der Waals surface area contributed by atoms with Gasteiger partial charge >= 0.3 is 12.1 Å². The number of aliphatic hydroxyl groups is 1. The standard InChI is InChI=1S/C39H50F4N4O8/c1-23(54-24(2)49)36(50)47(19-26-18-46(20-32(26)43)37(51)55-38(3,4)5)34(39(6,7)11-12-48)35-44-33(30-16-27(40)9-10-31(30)42)21-45(35)17-25-13-28(41)15-29(14-25)53-22-52-8/h9-10,13-16,21,23,26,32,34,48H,11-12,17-20,22H2,1-8H3. The molecule has 4 rings (SSSR count). The maximum Gasteiger partial charge on any atom is 0.410 e. The summed E-state index contributed by atoms with van der Waals surface area (Å²) in [5, 5.41) is 10.3. The van der Waals surface area contributed by atoms with Crippen molar-refractivity contribution in [2.75, 3.05) is 40.1 Å². The Balaban J connectivity index is 1.93. The Morgan fingerprint density at radius 3 is 2.38 bits per heavy atom. The lowest BCUT2D eigenvalue weighted by Crippen LogP contribution is -2.50. The second kappa shape index (κ2) is 17.8. The Hall–Kier alpha value is -4.70. The van der Waals surface area contributed by atoms with E-state index in [1.54, 1.807) is 40.7 Å². The average molecular weight is 779 g/mol. The third-order valence-corrected chi connectivity index (χ3v) is 9.11. The number of rotatable bonds is 15. The number of amides is 2. The van der Waals surface area contributed by atoms with Crippen molar-refractivity contribution in [3.05, 3.63) is 71.4 Å². The number of methoxy groups -OCH3 is 1. The quantitative estimate of drug-likeness (QED) is 0.105. The van der Waals surface area contributed by atoms with Crippen LogP contribution >= 0.6 is 0 Å². The summed E-state index contributed by atoms with van der Waals surface area (Å²) in [6, 6.07) is 5.62. The molecule has 2 amide bonds. The van der Waals surface area contributed by atoms with Crippen LogP contribution < -0.4 is 4.74 Å². The van der Waals surface area contributed by atoms with E-state index in [0.717, 1.165) is 31.2 Å². The minimum absolute atomic E-state index is 0.0372. The first kappa shape index (κ1) is 43.0. The van der Waals surface area contributed by atoms with Crippen LogP contribution in [0.3, 0.4) is 0 Å². The molecule has 12 nitrogen and oxygen atoms in total. The van der Waals surface area contributed by atoms with Crippen molar-refractivity contribution < 1.29 is 56.0 Å². The monoisotopic (exact) mass is 778 g/mol. The van der Waals surface area contributed by atoms with Crippen molar-refractivity contribution in [3.63, 3.8) is 0 Å². The van der Waals surface area contributed by atoms with Crippen LogP contribution in [0.4, 0.5) is 22.4 Å². The van der Waals surface area contributed by atoms with Crippen molar-refractivity contribution in [1.29, 1.82) is 0 Å². The van der Waals surface area contributed by atoms with Gasteiger partial charge in [0.15, 0.2) is 12.9 Å². The molecule has 1 aromatic heterocycles. The fraction of sp³-hybridized carbons (Fsp3) is 0.538. The number of nitrogens with zero attached hydrogens (tertiary/aromatic N) is 4. The molecule has 4 atom stereocenters. The van der Waals surface area contributed by atoms with E-state index in [1.165, 1.54) is 40.7 Å². The molecule has 0 saturated carbocycles. The van der Waals surface area contributed by atoms with Gasteiger partial charge in [0, 0.05) is 64.0 Å². The molecule has 2 heterocycles. The van der Waals surface area contributed by atoms with Gasteiger partial charge in [0.2, 0.25) is 0 Å². The Morgan fingerprint density at radius 2 is 1.75 bits per heavy atom. The average Bonchev–Trinajstić information content (AvgIpc) is 3.65. The molecule has 1 fully saturated rings. The van der Waals surface area contributed by atoms with Gasteiger partial charge in [-0.1, -0.05) is 13.8 Å². The van der Waals surface area contributed by atoms with Gasteiger partial charge in [0.1, 0.15) is 40.8 Å². The van der Waals surface area contributed by atoms with Crippen molar-refractivity contribution in [2.45, 2.75) is 85.4 Å². The highest BCUT2D eigenvalue weighted by Gasteiger charge is 2.46. The fourth-order valence-electron chi connectivity index (χ4n) is 6.64. The summed E-state index contributed by atoms with van der Waals surface area (Å²) in [6.07, 6.45) is -2.24. The number of halogens is 4. The summed E-state index contributed by atoms with van der Waals surface area (Å²) in [5.41, 5.74) is -1.83. The number of carbonyl (C=O) groups is 3. The second-order valence-electron chi connectivity index (χ2n) is 15.4. The number of hydrogen-bond acceptors (Lipinski definition) is 9. The normalized spacial score (nSPS) is 17.1. The molecule has 1 aliphatic rings. The third-order valence-electron chi connectivity index (χ3n) is 9.11. The SMILES string of the molecule is COCOc1cc(F)cc(Cn2cc(-c3cc(F)ccc3F)nc2C(N(CC2CN(C(=O)OC(C)(C)C)CC2F)C(=O)C(C)OC(C)=O)C(C)(C)CCO)c1. The molecule has 3 aromatic rings. The van der Waals surface area contributed by atoms with Crippen LogP contribution in [0.2, 0.25) is 0 Å². The highest BCUT2D eigenvalue weighted by atomic mass is 19.1. The molecular weight excluding hydrogens is 728 g/mol. The van der Waals surface area contributed by atoms with Gasteiger partial charge in [0.25, 0.3) is 5.91 Å². The van der Waals surface area contributed by atoms with Crippen molar-refractivity contribution in [3.8, 4) is 17.0 Å². The van der Waals surface area contributed by atoms with Crippen LogP contribution in [0.5, 0.6) is 5.75 Å². The Morgan fingerprint density at radius 1 is 1.04 bits per heavy atom. The molecule has 0 radical (unpaired) electrons. The van der Waals surface area contributed by atoms with Gasteiger partial charge in [-0.05, 0) is 75.4 Å². The molecule has 0 aliphatic carbocycles. The van der Waals surface area contributed by atoms with E-state index in [-0.39, 0.29) is 68.8 Å². The van der Waals surface area contributed by atoms with Crippen LogP contribution in [0.15, 0.2) is 42.6 Å². The summed E-state index contributed by atoms with van der Waals surface area (Å²) < 4.78 is 83.4. The zero-order chi connectivity index (χ0) is 40.8. The fourth-order valence-corrected chi connectivity index (χ4v) is 6.64. The first-order chi connectivity index (χ1) is 25.7. The second-order valence-corrected chi connectivity index (χ2v) is 15.4. The number of esters is 1. The summed E-state index contributed by atoms with van der Waals surface area (Å²) in [4.78, 5) is 46.8. The number of hydrogen-bond donors (Lipinski definition) is 1. The lowest BCUT2D eigenvalue weighted by molar-refractivity contribution is -0.161. The highest BCUT2D eigenvalue weighted by molar-refractivity contribution is 5.83. The lowest BCUT2D eigenvalue weighted by Gasteiger charge is -2.43. The molecule has 1 aliphatic heterocycles. The molecular formula is C39H50F4N4O8. The number of ether oxygens (including phenoxy) is 4. The molecule has 16 heteroatoms. The van der Waals surface area contributed by atoms with Gasteiger partial charge in [-0.2, -0.15) is 0 Å². The summed E-state index contributed by atoms with van der Waals surface area (Å²) in [5.74, 6) is -4.42. The van der Waals surface area contributed by atoms with Gasteiger partial charge in [-0.3, -0.25) is 9.59 Å². The minimum atomic E-state index is -1.61. The molecule has 4 unspecified atom stereocenters. The summed E-state index contributed by atoms with van der Waals surface area (Å²) in [7, 11) is 1.40. The maximum atomic E-state index is 15.9. The predicted octanol–water partition coefficient (Wildman–Crippen LogP) is 6.43. The molecule has 0 bridgehead atoms. The largest absolute Gasteiger partial charge is 0.467 e. The Labute approximate surface area is 318 Å². The highest BCUT2D eigenvalue weighted by Crippen LogP contribution is 2.43. The van der Waals surface area contributed by atoms with Crippen LogP contribution in [0, 0.1) is 28.8 Å². The minimum Gasteiger partial charge on any atom is -0.467 e. The van der Waals surface area contributed by atoms with E-state index in [1.807, 2.05) is 0 Å². The van der Waals surface area contributed by atoms with E-state index in [4.69, 9.17) is 23.9 Å². The first-order valence-electron chi connectivity index (χ1n) is 17.9. The third kappa shape index (κ3) is 11.2. The van der Waals surface area contributed by atoms with E-state index < -0.39 is 70.7 Å². The van der Waals surface area contributed by atoms with E-state index in [0.29, 0.717) is 5.56 Å². The summed E-state index contributed by atoms with van der Waals surface area (Å²) in [6.45, 7) is 9.58. The molecule has 1 saturated heterocycles. The van der Waals surface area contributed by atoms with Crippen LogP contribution in [0.25, 0.3) is 11.3 Å². The van der Waals surface area contributed by atoms with E-state index in [2.05, 4.69) is 0 Å². The van der Waals surface area contributed by atoms with Gasteiger partial charge < -0.3 is 38.4 Å². The number of likely N-dealkylation sites (tertiary alicyclic amines) is 1. The topological polar surface area (TPSA) is 133 Å². The molecule has 2 aromatic carbocycles. The number of benzene rings is 2. The van der Waals surface area contributed by atoms with E-state index in [9.17, 15) is 28.3 Å². The maximum absolute atomic E-state index is 15.9. The number of alkyl halides is 1. The lowest BCUT2D eigenvalue weighted by atomic mass is 9.79. The summed E-state index contributed by atoms with van der Waals surface area (Å²) >= 11 is 0. The van der Waals surface area contributed by atoms with Crippen LogP contribution in [-0.4, -0.2) is 100 Å². The van der Waals surface area contributed by atoms with Crippen molar-refractivity contribution in [2.24, 2.45) is 11.3 Å². The Kier molecular flexibility index (Phi) is 14.0. The molecule has 0 spiro atoms. The number of aromatic nitrogens is 2. The van der Waals surface area contributed by atoms with E-state index >= 15 is 8.78 Å². The molecule has 302 valence electrons. The zero-order valence-electron chi connectivity index (χ0n) is 32.4. The molecule has 55 heavy (non-hydrogen) atoms.